The van der Waals surface area contributed by atoms with Crippen molar-refractivity contribution in [3.8, 4) is 17.4 Å². The minimum atomic E-state index is -0.365. The summed E-state index contributed by atoms with van der Waals surface area (Å²) >= 11 is 6.47. The number of hydrogen-bond acceptors (Lipinski definition) is 8. The fourth-order valence-electron chi connectivity index (χ4n) is 3.31. The van der Waals surface area contributed by atoms with E-state index in [1.54, 1.807) is 37.6 Å². The molecule has 1 fully saturated rings. The molecule has 1 aliphatic heterocycles. The molecule has 170 valence electrons. The maximum Gasteiger partial charge on any atom is 0.269 e. The van der Waals surface area contributed by atoms with Gasteiger partial charge in [0.15, 0.2) is 11.5 Å². The van der Waals surface area contributed by atoms with Crippen LogP contribution in [0.1, 0.15) is 11.1 Å². The topological polar surface area (TPSA) is 82.4 Å². The molecule has 33 heavy (non-hydrogen) atoms. The molecule has 0 radical (unpaired) electrons. The van der Waals surface area contributed by atoms with Gasteiger partial charge in [0.05, 0.1) is 25.2 Å². The Kier molecular flexibility index (Phi) is 6.77. The fraction of sp³-hybridized carbons (Fsp3) is 0.217. The molecule has 2 aromatic heterocycles. The van der Waals surface area contributed by atoms with Crippen molar-refractivity contribution in [2.75, 3.05) is 27.4 Å². The average Bonchev–Trinajstić information content (AvgIpc) is 3.08. The molecule has 3 aromatic rings. The number of hydrogen-bond donors (Lipinski definition) is 0. The number of carbonyl (C=O) groups is 1. The van der Waals surface area contributed by atoms with Crippen LogP contribution in [0, 0.1) is 6.92 Å². The summed E-state index contributed by atoms with van der Waals surface area (Å²) in [4.78, 5) is 32.8. The molecule has 1 saturated heterocycles. The maximum atomic E-state index is 13.5. The van der Waals surface area contributed by atoms with Crippen LogP contribution in [0.25, 0.3) is 11.7 Å². The lowest BCUT2D eigenvalue weighted by atomic mass is 10.2. The van der Waals surface area contributed by atoms with E-state index in [9.17, 15) is 9.59 Å². The van der Waals surface area contributed by atoms with Crippen LogP contribution >= 0.6 is 24.0 Å². The summed E-state index contributed by atoms with van der Waals surface area (Å²) in [6, 6.07) is 10.7. The Labute approximate surface area is 199 Å². The lowest BCUT2D eigenvalue weighted by Crippen LogP contribution is -2.31. The number of amides is 1. The molecule has 8 nitrogen and oxygen atoms in total. The minimum Gasteiger partial charge on any atom is -0.493 e. The lowest BCUT2D eigenvalue weighted by Gasteiger charge is -2.14. The molecule has 0 bridgehead atoms. The molecule has 0 aliphatic carbocycles. The number of aromatic nitrogens is 2. The van der Waals surface area contributed by atoms with Gasteiger partial charge in [-0.05, 0) is 36.8 Å². The SMILES string of the molecule is COCCN1C(=O)C(=Cc2c(Oc3ccccc3OC)nc3c(C)cccn3c2=O)SC1=S. The van der Waals surface area contributed by atoms with Gasteiger partial charge in [-0.15, -0.1) is 0 Å². The van der Waals surface area contributed by atoms with Crippen LogP contribution in [0.5, 0.6) is 17.4 Å². The number of fused-ring (bicyclic) bond motifs is 1. The van der Waals surface area contributed by atoms with E-state index in [1.807, 2.05) is 19.1 Å². The molecule has 1 aliphatic rings. The summed E-state index contributed by atoms with van der Waals surface area (Å²) in [5.41, 5.74) is 1.03. The van der Waals surface area contributed by atoms with E-state index >= 15 is 0 Å². The first-order valence-corrected chi connectivity index (χ1v) is 11.2. The van der Waals surface area contributed by atoms with Crippen molar-refractivity contribution in [3.63, 3.8) is 0 Å². The van der Waals surface area contributed by atoms with Crippen LogP contribution in [-0.2, 0) is 9.53 Å². The minimum absolute atomic E-state index is 0.0703. The number of ether oxygens (including phenoxy) is 3. The zero-order chi connectivity index (χ0) is 23.5. The third-order valence-electron chi connectivity index (χ3n) is 4.99. The molecule has 1 aromatic carbocycles. The quantitative estimate of drug-likeness (QED) is 0.372. The molecule has 0 atom stereocenters. The van der Waals surface area contributed by atoms with Crippen LogP contribution in [0.4, 0.5) is 0 Å². The first-order chi connectivity index (χ1) is 15.9. The third-order valence-corrected chi connectivity index (χ3v) is 6.37. The van der Waals surface area contributed by atoms with Crippen LogP contribution in [0.15, 0.2) is 52.3 Å². The second-order valence-electron chi connectivity index (χ2n) is 7.10. The number of methoxy groups -OCH3 is 2. The molecule has 3 heterocycles. The normalized spacial score (nSPS) is 15.0. The summed E-state index contributed by atoms with van der Waals surface area (Å²) in [6.07, 6.45) is 3.12. The molecule has 0 unspecified atom stereocenters. The first-order valence-electron chi connectivity index (χ1n) is 10.0. The van der Waals surface area contributed by atoms with Crippen molar-refractivity contribution in [1.82, 2.24) is 14.3 Å². The molecule has 4 rings (SSSR count). The highest BCUT2D eigenvalue weighted by Crippen LogP contribution is 2.35. The largest absolute Gasteiger partial charge is 0.493 e. The first kappa shape index (κ1) is 23.0. The van der Waals surface area contributed by atoms with Gasteiger partial charge in [0.25, 0.3) is 11.5 Å². The molecular formula is C23H21N3O5S2. The number of rotatable bonds is 7. The third kappa shape index (κ3) is 4.50. The van der Waals surface area contributed by atoms with Crippen LogP contribution in [0.3, 0.4) is 0 Å². The molecule has 0 saturated carbocycles. The Morgan fingerprint density at radius 3 is 2.61 bits per heavy atom. The summed E-state index contributed by atoms with van der Waals surface area (Å²) in [6.45, 7) is 2.54. The van der Waals surface area contributed by atoms with Gasteiger partial charge in [-0.1, -0.05) is 42.2 Å². The smallest absolute Gasteiger partial charge is 0.269 e. The predicted octanol–water partition coefficient (Wildman–Crippen LogP) is 3.65. The van der Waals surface area contributed by atoms with E-state index in [2.05, 4.69) is 4.98 Å². The second kappa shape index (κ2) is 9.74. The summed E-state index contributed by atoms with van der Waals surface area (Å²) in [7, 11) is 3.08. The lowest BCUT2D eigenvalue weighted by molar-refractivity contribution is -0.122. The van der Waals surface area contributed by atoms with Gasteiger partial charge in [0.2, 0.25) is 5.88 Å². The standard InChI is InChI=1S/C23H21N3O5S2/c1-14-7-6-10-25-19(14)24-20(31-17-9-5-4-8-16(17)30-3)15(21(25)27)13-18-22(28)26(11-12-29-2)23(32)33-18/h4-10,13H,11-12H2,1-3H3. The summed E-state index contributed by atoms with van der Waals surface area (Å²) in [5, 5.41) is 0. The van der Waals surface area contributed by atoms with Gasteiger partial charge < -0.3 is 14.2 Å². The molecule has 0 N–H and O–H groups in total. The molecule has 1 amide bonds. The van der Waals surface area contributed by atoms with E-state index < -0.39 is 0 Å². The van der Waals surface area contributed by atoms with Crippen molar-refractivity contribution in [2.24, 2.45) is 0 Å². The Morgan fingerprint density at radius 2 is 1.88 bits per heavy atom. The fourth-order valence-corrected chi connectivity index (χ4v) is 4.60. The Morgan fingerprint density at radius 1 is 1.12 bits per heavy atom. The van der Waals surface area contributed by atoms with Gasteiger partial charge in [-0.25, -0.2) is 0 Å². The highest BCUT2D eigenvalue weighted by molar-refractivity contribution is 8.26. The molecular weight excluding hydrogens is 462 g/mol. The number of nitrogens with zero attached hydrogens (tertiary/aromatic N) is 3. The Balaban J connectivity index is 1.86. The number of para-hydroxylation sites is 2. The highest BCUT2D eigenvalue weighted by Gasteiger charge is 2.32. The van der Waals surface area contributed by atoms with Crippen molar-refractivity contribution in [3.05, 3.63) is 69.0 Å². The van der Waals surface area contributed by atoms with Crippen molar-refractivity contribution in [1.29, 1.82) is 0 Å². The van der Waals surface area contributed by atoms with Crippen LogP contribution in [-0.4, -0.2) is 51.9 Å². The number of thiocarbonyl (C=S) groups is 1. The summed E-state index contributed by atoms with van der Waals surface area (Å²) in [5.74, 6) is 0.660. The van der Waals surface area contributed by atoms with Gasteiger partial charge in [0.1, 0.15) is 15.5 Å². The number of aryl methyl sites for hydroxylation is 1. The predicted molar refractivity (Wildman–Crippen MR) is 131 cm³/mol. The van der Waals surface area contributed by atoms with Crippen LogP contribution < -0.4 is 15.0 Å². The number of carbonyl (C=O) groups excluding carboxylic acids is 1. The number of pyridine rings is 1. The zero-order valence-electron chi connectivity index (χ0n) is 18.2. The number of benzene rings is 1. The van der Waals surface area contributed by atoms with E-state index in [0.717, 1.165) is 17.3 Å². The summed E-state index contributed by atoms with van der Waals surface area (Å²) < 4.78 is 18.3. The van der Waals surface area contributed by atoms with E-state index in [4.69, 9.17) is 26.4 Å². The molecule has 10 heteroatoms. The molecule has 0 spiro atoms. The van der Waals surface area contributed by atoms with Crippen molar-refractivity contribution < 1.29 is 19.0 Å². The Hall–Kier alpha value is -3.21. The van der Waals surface area contributed by atoms with Crippen LogP contribution in [0.2, 0.25) is 0 Å². The van der Waals surface area contributed by atoms with Gasteiger partial charge in [-0.2, -0.15) is 4.98 Å². The second-order valence-corrected chi connectivity index (χ2v) is 8.78. The van der Waals surface area contributed by atoms with Gasteiger partial charge in [-0.3, -0.25) is 18.9 Å². The van der Waals surface area contributed by atoms with E-state index in [-0.39, 0.29) is 22.9 Å². The average molecular weight is 484 g/mol. The maximum absolute atomic E-state index is 13.5. The van der Waals surface area contributed by atoms with Crippen molar-refractivity contribution >= 4 is 45.9 Å². The van der Waals surface area contributed by atoms with Crippen molar-refractivity contribution in [2.45, 2.75) is 6.92 Å². The zero-order valence-corrected chi connectivity index (χ0v) is 19.9. The van der Waals surface area contributed by atoms with E-state index in [0.29, 0.717) is 39.5 Å². The van der Waals surface area contributed by atoms with Gasteiger partial charge in [0, 0.05) is 13.3 Å². The van der Waals surface area contributed by atoms with Gasteiger partial charge >= 0.3 is 0 Å². The van der Waals surface area contributed by atoms with E-state index in [1.165, 1.54) is 22.5 Å². The highest BCUT2D eigenvalue weighted by atomic mass is 32.2. The Bertz CT molecular complexity index is 1340. The monoisotopic (exact) mass is 483 g/mol. The number of thioether (sulfide) groups is 1.